The van der Waals surface area contributed by atoms with Gasteiger partial charge in [-0.15, -0.1) is 0 Å². The lowest BCUT2D eigenvalue weighted by atomic mass is 10.2. The monoisotopic (exact) mass is 298 g/mol. The maximum absolute atomic E-state index is 11.4. The highest BCUT2D eigenvalue weighted by molar-refractivity contribution is 7.91. The predicted molar refractivity (Wildman–Crippen MR) is 75.3 cm³/mol. The van der Waals surface area contributed by atoms with Gasteiger partial charge in [0.15, 0.2) is 16.1 Å². The molecule has 0 amide bonds. The van der Waals surface area contributed by atoms with E-state index in [2.05, 4.69) is 0 Å². The van der Waals surface area contributed by atoms with Crippen molar-refractivity contribution < 1.29 is 22.7 Å². The summed E-state index contributed by atoms with van der Waals surface area (Å²) in [5, 5.41) is 0. The van der Waals surface area contributed by atoms with Gasteiger partial charge in [0.05, 0.1) is 23.7 Å². The second-order valence-electron chi connectivity index (χ2n) is 4.81. The molecule has 1 aromatic carbocycles. The Balaban J connectivity index is 2.14. The highest BCUT2D eigenvalue weighted by Crippen LogP contribution is 2.27. The van der Waals surface area contributed by atoms with Crippen molar-refractivity contribution in [3.63, 3.8) is 0 Å². The van der Waals surface area contributed by atoms with Gasteiger partial charge in [-0.1, -0.05) is 6.92 Å². The summed E-state index contributed by atoms with van der Waals surface area (Å²) in [7, 11) is -3.00. The van der Waals surface area contributed by atoms with Crippen molar-refractivity contribution >= 4 is 16.1 Å². The summed E-state index contributed by atoms with van der Waals surface area (Å²) in [6.45, 7) is 2.58. The molecule has 0 bridgehead atoms. The van der Waals surface area contributed by atoms with Crippen molar-refractivity contribution in [3.8, 4) is 11.5 Å². The summed E-state index contributed by atoms with van der Waals surface area (Å²) in [6.07, 6.45) is 1.65. The molecule has 1 atom stereocenters. The van der Waals surface area contributed by atoms with Crippen LogP contribution in [0.1, 0.15) is 30.1 Å². The van der Waals surface area contributed by atoms with Gasteiger partial charge in [0.1, 0.15) is 17.6 Å². The van der Waals surface area contributed by atoms with Gasteiger partial charge in [-0.3, -0.25) is 4.79 Å². The Hall–Kier alpha value is -1.56. The van der Waals surface area contributed by atoms with Crippen molar-refractivity contribution in [1.82, 2.24) is 0 Å². The quantitative estimate of drug-likeness (QED) is 0.750. The molecule has 110 valence electrons. The van der Waals surface area contributed by atoms with E-state index >= 15 is 0 Å². The summed E-state index contributed by atoms with van der Waals surface area (Å²) in [5.41, 5.74) is 0.401. The van der Waals surface area contributed by atoms with E-state index in [-0.39, 0.29) is 17.6 Å². The molecule has 0 aliphatic carbocycles. The van der Waals surface area contributed by atoms with Crippen molar-refractivity contribution in [2.75, 3.05) is 18.1 Å². The fourth-order valence-electron chi connectivity index (χ4n) is 2.06. The van der Waals surface area contributed by atoms with E-state index in [1.54, 1.807) is 18.2 Å². The standard InChI is InChI=1S/C14H18O5S/c1-2-6-18-12-4-3-11(9-15)14(8-12)19-13-5-7-20(16,17)10-13/h3-4,8-9,13H,2,5-7,10H2,1H3. The van der Waals surface area contributed by atoms with E-state index in [0.717, 1.165) is 6.42 Å². The van der Waals surface area contributed by atoms with E-state index in [9.17, 15) is 13.2 Å². The number of aldehydes is 1. The second kappa shape index (κ2) is 6.26. The lowest BCUT2D eigenvalue weighted by Crippen LogP contribution is -2.18. The Morgan fingerprint density at radius 3 is 2.80 bits per heavy atom. The summed E-state index contributed by atoms with van der Waals surface area (Å²) < 4.78 is 34.0. The first-order chi connectivity index (χ1) is 9.54. The summed E-state index contributed by atoms with van der Waals surface area (Å²) in [6, 6.07) is 4.97. The summed E-state index contributed by atoms with van der Waals surface area (Å²) in [5.74, 6) is 1.15. The third kappa shape index (κ3) is 3.72. The van der Waals surface area contributed by atoms with Crippen LogP contribution in [0.25, 0.3) is 0 Å². The highest BCUT2D eigenvalue weighted by atomic mass is 32.2. The van der Waals surface area contributed by atoms with Crippen LogP contribution >= 0.6 is 0 Å². The molecule has 1 fully saturated rings. The third-order valence-electron chi connectivity index (χ3n) is 3.07. The molecule has 1 saturated heterocycles. The second-order valence-corrected chi connectivity index (χ2v) is 7.04. The number of carbonyl (C=O) groups is 1. The Morgan fingerprint density at radius 1 is 1.40 bits per heavy atom. The number of benzene rings is 1. The highest BCUT2D eigenvalue weighted by Gasteiger charge is 2.29. The molecule has 1 aromatic rings. The molecule has 6 heteroatoms. The molecule has 1 unspecified atom stereocenters. The molecule has 0 aromatic heterocycles. The molecule has 20 heavy (non-hydrogen) atoms. The van der Waals surface area contributed by atoms with Crippen molar-refractivity contribution in [2.45, 2.75) is 25.9 Å². The van der Waals surface area contributed by atoms with Gasteiger partial charge in [-0.05, 0) is 25.0 Å². The van der Waals surface area contributed by atoms with Crippen LogP contribution in [0.5, 0.6) is 11.5 Å². The third-order valence-corrected chi connectivity index (χ3v) is 4.81. The lowest BCUT2D eigenvalue weighted by molar-refractivity contribution is 0.111. The minimum absolute atomic E-state index is 0.00530. The van der Waals surface area contributed by atoms with Crippen molar-refractivity contribution in [2.24, 2.45) is 0 Å². The molecule has 2 rings (SSSR count). The molecule has 1 aliphatic rings. The van der Waals surface area contributed by atoms with Gasteiger partial charge in [0, 0.05) is 6.07 Å². The number of hydrogen-bond acceptors (Lipinski definition) is 5. The lowest BCUT2D eigenvalue weighted by Gasteiger charge is -2.15. The van der Waals surface area contributed by atoms with Gasteiger partial charge >= 0.3 is 0 Å². The number of hydrogen-bond donors (Lipinski definition) is 0. The maximum Gasteiger partial charge on any atom is 0.154 e. The minimum atomic E-state index is -3.00. The topological polar surface area (TPSA) is 69.7 Å². The first-order valence-electron chi connectivity index (χ1n) is 6.63. The largest absolute Gasteiger partial charge is 0.493 e. The van der Waals surface area contributed by atoms with Crippen LogP contribution in [0.4, 0.5) is 0 Å². The summed E-state index contributed by atoms with van der Waals surface area (Å²) >= 11 is 0. The van der Waals surface area contributed by atoms with Gasteiger partial charge < -0.3 is 9.47 Å². The summed E-state index contributed by atoms with van der Waals surface area (Å²) in [4.78, 5) is 11.0. The van der Waals surface area contributed by atoms with Crippen LogP contribution in [-0.2, 0) is 9.84 Å². The Kier molecular flexibility index (Phi) is 4.65. The van der Waals surface area contributed by atoms with E-state index in [4.69, 9.17) is 9.47 Å². The van der Waals surface area contributed by atoms with E-state index in [1.807, 2.05) is 6.92 Å². The van der Waals surface area contributed by atoms with Crippen LogP contribution in [-0.4, -0.2) is 38.9 Å². The fourth-order valence-corrected chi connectivity index (χ4v) is 3.65. The number of carbonyl (C=O) groups excluding carboxylic acids is 1. The number of sulfone groups is 1. The van der Waals surface area contributed by atoms with Crippen LogP contribution < -0.4 is 9.47 Å². The normalized spacial score (nSPS) is 20.6. The molecule has 0 saturated carbocycles. The molecule has 5 nitrogen and oxygen atoms in total. The number of ether oxygens (including phenoxy) is 2. The molecular weight excluding hydrogens is 280 g/mol. The Morgan fingerprint density at radius 2 is 2.20 bits per heavy atom. The zero-order valence-electron chi connectivity index (χ0n) is 11.4. The SMILES string of the molecule is CCCOc1ccc(C=O)c(OC2CCS(=O)(=O)C2)c1. The fraction of sp³-hybridized carbons (Fsp3) is 0.500. The van der Waals surface area contributed by atoms with E-state index < -0.39 is 9.84 Å². The molecule has 1 aliphatic heterocycles. The maximum atomic E-state index is 11.4. The zero-order valence-corrected chi connectivity index (χ0v) is 12.2. The van der Waals surface area contributed by atoms with Crippen LogP contribution in [0.15, 0.2) is 18.2 Å². The minimum Gasteiger partial charge on any atom is -0.493 e. The zero-order chi connectivity index (χ0) is 14.6. The first-order valence-corrected chi connectivity index (χ1v) is 8.45. The van der Waals surface area contributed by atoms with Gasteiger partial charge in [-0.2, -0.15) is 0 Å². The Bertz CT molecular complexity index is 579. The van der Waals surface area contributed by atoms with Gasteiger partial charge in [-0.25, -0.2) is 8.42 Å². The molecule has 0 N–H and O–H groups in total. The molecule has 0 spiro atoms. The molecular formula is C14H18O5S. The van der Waals surface area contributed by atoms with Crippen LogP contribution in [0, 0.1) is 0 Å². The number of rotatable bonds is 6. The molecule has 0 radical (unpaired) electrons. The van der Waals surface area contributed by atoms with Crippen molar-refractivity contribution in [3.05, 3.63) is 23.8 Å². The van der Waals surface area contributed by atoms with Crippen LogP contribution in [0.2, 0.25) is 0 Å². The predicted octanol–water partition coefficient (Wildman–Crippen LogP) is 1.85. The van der Waals surface area contributed by atoms with Crippen LogP contribution in [0.3, 0.4) is 0 Å². The van der Waals surface area contributed by atoms with E-state index in [1.165, 1.54) is 0 Å². The average Bonchev–Trinajstić information content (AvgIpc) is 2.76. The average molecular weight is 298 g/mol. The first kappa shape index (κ1) is 14.8. The van der Waals surface area contributed by atoms with Gasteiger partial charge in [0.2, 0.25) is 0 Å². The van der Waals surface area contributed by atoms with Gasteiger partial charge in [0.25, 0.3) is 0 Å². The molecule has 1 heterocycles. The Labute approximate surface area is 118 Å². The van der Waals surface area contributed by atoms with E-state index in [0.29, 0.717) is 36.4 Å². The smallest absolute Gasteiger partial charge is 0.154 e. The van der Waals surface area contributed by atoms with Crippen molar-refractivity contribution in [1.29, 1.82) is 0 Å².